The van der Waals surface area contributed by atoms with Gasteiger partial charge in [-0.1, -0.05) is 41.3 Å². The molecule has 1 aromatic carbocycles. The summed E-state index contributed by atoms with van der Waals surface area (Å²) >= 11 is 1.03. The smallest absolute Gasteiger partial charge is 0.300 e. The molecule has 1 unspecified atom stereocenters. The fourth-order valence-electron chi connectivity index (χ4n) is 4.98. The maximum absolute atomic E-state index is 14.1. The molecule has 58 heavy (non-hydrogen) atoms. The number of ether oxygens (including phenoxy) is 6. The number of benzene rings is 1. The van der Waals surface area contributed by atoms with E-state index in [0.717, 1.165) is 11.4 Å². The molecule has 0 bridgehead atoms. The Morgan fingerprint density at radius 2 is 1.02 bits per heavy atom. The number of hydrogen-bond donors (Lipinski definition) is 4. The molecular formula is C40H59N4O12PS. The summed E-state index contributed by atoms with van der Waals surface area (Å²) in [7, 11) is 0. The van der Waals surface area contributed by atoms with E-state index in [1.165, 1.54) is 18.8 Å². The van der Waals surface area contributed by atoms with Gasteiger partial charge in [-0.2, -0.15) is 0 Å². The summed E-state index contributed by atoms with van der Waals surface area (Å²) in [5.74, 6) is 5.61. The quantitative estimate of drug-likeness (QED) is 0.0442. The monoisotopic (exact) mass is 850 g/mol. The summed E-state index contributed by atoms with van der Waals surface area (Å²) in [5, 5.41) is 11.4. The van der Waals surface area contributed by atoms with Gasteiger partial charge in [0.2, 0.25) is 17.7 Å². The molecule has 0 saturated carbocycles. The Labute approximate surface area is 347 Å². The zero-order valence-electron chi connectivity index (χ0n) is 33.6. The first kappa shape index (κ1) is 51.9. The van der Waals surface area contributed by atoms with E-state index in [1.807, 2.05) is 0 Å². The minimum atomic E-state index is -3.16. The highest BCUT2D eigenvalue weighted by molar-refractivity contribution is 8.56. The van der Waals surface area contributed by atoms with Crippen molar-refractivity contribution in [2.24, 2.45) is 0 Å². The molecular weight excluding hydrogens is 791 g/mol. The standard InChI is InChI=1S/C40H59N4O12PS/c1-6-22-50-28-31-53-25-19-41-36(45)13-16-40(17-14-37(46)42-20-26-54-32-29-51-23-7-2,18-15-38(47)43-21-27-55-33-30-52-24-8-3)44-39(48)34-11-9-10-12-35(34)56-57(4,49)58-5/h1-3,9-12H,13-33H2,4-5H3,(H,41,45)(H,42,46)(H,43,47)(H,44,48). The number of nitrogens with one attached hydrogen (secondary N) is 4. The molecule has 4 N–H and O–H groups in total. The number of carbonyl (C=O) groups is 4. The van der Waals surface area contributed by atoms with Gasteiger partial charge in [-0.05, 0) is 37.7 Å². The molecule has 16 nitrogen and oxygen atoms in total. The highest BCUT2D eigenvalue weighted by atomic mass is 32.7. The molecule has 4 amide bonds. The largest absolute Gasteiger partial charge is 0.435 e. The molecule has 0 aliphatic rings. The summed E-state index contributed by atoms with van der Waals surface area (Å²) in [6.07, 6.45) is 17.1. The van der Waals surface area contributed by atoms with Gasteiger partial charge in [0.25, 0.3) is 12.5 Å². The molecule has 0 aliphatic carbocycles. The number of para-hydroxylation sites is 1. The van der Waals surface area contributed by atoms with Gasteiger partial charge in [0.15, 0.2) is 0 Å². The third-order valence-corrected chi connectivity index (χ3v) is 11.4. The van der Waals surface area contributed by atoms with Crippen molar-refractivity contribution in [2.45, 2.75) is 44.1 Å². The summed E-state index contributed by atoms with van der Waals surface area (Å²) < 4.78 is 50.6. The number of rotatable bonds is 35. The summed E-state index contributed by atoms with van der Waals surface area (Å²) in [4.78, 5) is 53.4. The van der Waals surface area contributed by atoms with Crippen LogP contribution in [0, 0.1) is 37.0 Å². The number of terminal acetylenes is 3. The summed E-state index contributed by atoms with van der Waals surface area (Å²) in [6.45, 7) is 1.97. The van der Waals surface area contributed by atoms with Crippen LogP contribution in [0.2, 0.25) is 0 Å². The van der Waals surface area contributed by atoms with Crippen LogP contribution in [0.1, 0.15) is 48.9 Å². The maximum atomic E-state index is 14.1. The molecule has 0 heterocycles. The Bertz CT molecular complexity index is 1430. The van der Waals surface area contributed by atoms with Crippen LogP contribution in [0.5, 0.6) is 5.75 Å². The van der Waals surface area contributed by atoms with Crippen molar-refractivity contribution in [1.29, 1.82) is 0 Å². The molecule has 0 fully saturated rings. The van der Waals surface area contributed by atoms with Crippen LogP contribution in [-0.4, -0.2) is 141 Å². The van der Waals surface area contributed by atoms with E-state index in [-0.39, 0.29) is 127 Å². The molecule has 0 saturated heterocycles. The Kier molecular flexibility index (Phi) is 29.4. The van der Waals surface area contributed by atoms with Crippen LogP contribution in [0.4, 0.5) is 0 Å². The fraction of sp³-hybridized carbons (Fsp3) is 0.600. The SMILES string of the molecule is C#CCOCCOCCNC(=O)CCC(CCC(=O)NCCOCCOCC#C)(CCC(=O)NCCOCCOCC#C)NC(=O)c1ccccc1OP(C)(=O)SC. The van der Waals surface area contributed by atoms with Gasteiger partial charge in [-0.15, -0.1) is 19.3 Å². The molecule has 0 aliphatic heterocycles. The van der Waals surface area contributed by atoms with E-state index in [1.54, 1.807) is 18.4 Å². The average Bonchev–Trinajstić information content (AvgIpc) is 3.21. The molecule has 1 aromatic rings. The van der Waals surface area contributed by atoms with Crippen LogP contribution in [0.25, 0.3) is 0 Å². The zero-order chi connectivity index (χ0) is 42.7. The second-order valence-corrected chi connectivity index (χ2v) is 17.6. The second kappa shape index (κ2) is 32.8. The van der Waals surface area contributed by atoms with Gasteiger partial charge < -0.3 is 54.2 Å². The predicted molar refractivity (Wildman–Crippen MR) is 222 cm³/mol. The van der Waals surface area contributed by atoms with Crippen LogP contribution >= 0.6 is 18.0 Å². The minimum Gasteiger partial charge on any atom is -0.435 e. The molecule has 18 heteroatoms. The Morgan fingerprint density at radius 1 is 0.638 bits per heavy atom. The van der Waals surface area contributed by atoms with Crippen molar-refractivity contribution in [1.82, 2.24) is 21.3 Å². The lowest BCUT2D eigenvalue weighted by Gasteiger charge is -2.35. The lowest BCUT2D eigenvalue weighted by atomic mass is 9.82. The van der Waals surface area contributed by atoms with Crippen molar-refractivity contribution >= 4 is 41.6 Å². The molecule has 0 aromatic heterocycles. The van der Waals surface area contributed by atoms with E-state index in [2.05, 4.69) is 39.0 Å². The van der Waals surface area contributed by atoms with Gasteiger partial charge in [0, 0.05) is 51.1 Å². The molecule has 0 radical (unpaired) electrons. The first-order valence-corrected chi connectivity index (χ1v) is 22.7. The van der Waals surface area contributed by atoms with Crippen LogP contribution in [0.15, 0.2) is 24.3 Å². The van der Waals surface area contributed by atoms with Crippen molar-refractivity contribution in [3.63, 3.8) is 0 Å². The fourth-order valence-corrected chi connectivity index (χ4v) is 6.04. The molecule has 322 valence electrons. The second-order valence-electron chi connectivity index (χ2n) is 12.4. The highest BCUT2D eigenvalue weighted by Gasteiger charge is 2.35. The van der Waals surface area contributed by atoms with Gasteiger partial charge in [-0.25, -0.2) is 0 Å². The number of amides is 4. The first-order valence-electron chi connectivity index (χ1n) is 18.8. The third-order valence-electron chi connectivity index (χ3n) is 7.98. The van der Waals surface area contributed by atoms with Crippen molar-refractivity contribution in [3.8, 4) is 42.8 Å². The third kappa shape index (κ3) is 26.0. The van der Waals surface area contributed by atoms with E-state index >= 15 is 0 Å². The Hall–Kier alpha value is -4.08. The van der Waals surface area contributed by atoms with Crippen molar-refractivity contribution in [2.75, 3.05) is 112 Å². The highest BCUT2D eigenvalue weighted by Crippen LogP contribution is 2.54. The van der Waals surface area contributed by atoms with E-state index < -0.39 is 18.0 Å². The first-order chi connectivity index (χ1) is 28.0. The normalized spacial score (nSPS) is 11.9. The minimum absolute atomic E-state index is 0.0608. The summed E-state index contributed by atoms with van der Waals surface area (Å²) in [5.41, 5.74) is -1.15. The lowest BCUT2D eigenvalue weighted by Crippen LogP contribution is -2.50. The molecule has 0 spiro atoms. The van der Waals surface area contributed by atoms with Crippen LogP contribution < -0.4 is 25.8 Å². The van der Waals surface area contributed by atoms with Crippen LogP contribution in [-0.2, 0) is 47.4 Å². The predicted octanol–water partition coefficient (Wildman–Crippen LogP) is 2.41. The van der Waals surface area contributed by atoms with Crippen molar-refractivity contribution in [3.05, 3.63) is 29.8 Å². The number of hydrogen-bond acceptors (Lipinski definition) is 13. The van der Waals surface area contributed by atoms with Crippen LogP contribution in [0.3, 0.4) is 0 Å². The Balaban J connectivity index is 3.18. The summed E-state index contributed by atoms with van der Waals surface area (Å²) in [6, 6.07) is 6.34. The number of carbonyl (C=O) groups excluding carboxylic acids is 4. The van der Waals surface area contributed by atoms with Gasteiger partial charge in [0.05, 0.1) is 65.0 Å². The topological polar surface area (TPSA) is 198 Å². The Morgan fingerprint density at radius 3 is 1.40 bits per heavy atom. The van der Waals surface area contributed by atoms with Crippen molar-refractivity contribution < 1.29 is 56.7 Å². The van der Waals surface area contributed by atoms with Gasteiger partial charge in [-0.3, -0.25) is 23.7 Å². The van der Waals surface area contributed by atoms with E-state index in [9.17, 15) is 23.7 Å². The van der Waals surface area contributed by atoms with E-state index in [4.69, 9.17) is 52.2 Å². The van der Waals surface area contributed by atoms with Gasteiger partial charge >= 0.3 is 0 Å². The molecule has 1 rings (SSSR count). The average molecular weight is 851 g/mol. The van der Waals surface area contributed by atoms with E-state index in [0.29, 0.717) is 39.6 Å². The maximum Gasteiger partial charge on any atom is 0.300 e. The lowest BCUT2D eigenvalue weighted by molar-refractivity contribution is -0.121. The zero-order valence-corrected chi connectivity index (χ0v) is 35.4. The van der Waals surface area contributed by atoms with Gasteiger partial charge in [0.1, 0.15) is 25.6 Å². The molecule has 1 atom stereocenters.